The molecule has 0 saturated carbocycles. The average molecular weight is 255 g/mol. The van der Waals surface area contributed by atoms with Gasteiger partial charge in [0, 0.05) is 5.69 Å². The topological polar surface area (TPSA) is 38.3 Å². The van der Waals surface area contributed by atoms with Gasteiger partial charge in [-0.25, -0.2) is 0 Å². The van der Waals surface area contributed by atoms with Gasteiger partial charge in [0.15, 0.2) is 0 Å². The van der Waals surface area contributed by atoms with Gasteiger partial charge in [-0.05, 0) is 38.1 Å². The van der Waals surface area contributed by atoms with E-state index in [0.29, 0.717) is 11.3 Å². The number of nitrogens with one attached hydrogen (secondary N) is 1. The Morgan fingerprint density at radius 3 is 2.26 bits per heavy atom. The smallest absolute Gasteiger partial charge is 0.259 e. The molecule has 3 nitrogen and oxygen atoms in total. The highest BCUT2D eigenvalue weighted by Gasteiger charge is 2.12. The van der Waals surface area contributed by atoms with Gasteiger partial charge in [0.25, 0.3) is 5.91 Å². The van der Waals surface area contributed by atoms with Gasteiger partial charge in [-0.1, -0.05) is 29.3 Å². The predicted molar refractivity (Wildman–Crippen MR) is 76.9 cm³/mol. The van der Waals surface area contributed by atoms with E-state index in [1.54, 1.807) is 13.2 Å². The second-order valence-electron chi connectivity index (χ2n) is 4.52. The van der Waals surface area contributed by atoms with Crippen LogP contribution in [0, 0.1) is 13.8 Å². The van der Waals surface area contributed by atoms with Crippen LogP contribution in [0.3, 0.4) is 0 Å². The van der Waals surface area contributed by atoms with E-state index in [2.05, 4.69) is 5.32 Å². The second kappa shape index (κ2) is 5.57. The molecule has 2 rings (SSSR count). The Morgan fingerprint density at radius 1 is 1.00 bits per heavy atom. The van der Waals surface area contributed by atoms with Crippen LogP contribution in [0.25, 0.3) is 0 Å². The van der Waals surface area contributed by atoms with Gasteiger partial charge in [-0.2, -0.15) is 0 Å². The van der Waals surface area contributed by atoms with E-state index in [1.807, 2.05) is 50.2 Å². The first kappa shape index (κ1) is 13.1. The first-order chi connectivity index (χ1) is 9.10. The Morgan fingerprint density at radius 2 is 1.63 bits per heavy atom. The highest BCUT2D eigenvalue weighted by Crippen LogP contribution is 2.21. The fourth-order valence-electron chi connectivity index (χ4n) is 1.83. The number of hydrogen-bond donors (Lipinski definition) is 1. The van der Waals surface area contributed by atoms with Crippen molar-refractivity contribution in [3.05, 3.63) is 59.2 Å². The Balaban J connectivity index is 2.24. The highest BCUT2D eigenvalue weighted by atomic mass is 16.5. The van der Waals surface area contributed by atoms with E-state index >= 15 is 0 Å². The quantitative estimate of drug-likeness (QED) is 0.910. The molecule has 3 heteroatoms. The number of hydrogen-bond acceptors (Lipinski definition) is 2. The van der Waals surface area contributed by atoms with Crippen molar-refractivity contribution in [3.63, 3.8) is 0 Å². The number of ether oxygens (including phenoxy) is 1. The molecule has 0 bridgehead atoms. The summed E-state index contributed by atoms with van der Waals surface area (Å²) in [5, 5.41) is 2.87. The highest BCUT2D eigenvalue weighted by molar-refractivity contribution is 6.06. The summed E-state index contributed by atoms with van der Waals surface area (Å²) in [4.78, 5) is 12.2. The van der Waals surface area contributed by atoms with Gasteiger partial charge in [-0.15, -0.1) is 0 Å². The third kappa shape index (κ3) is 3.13. The zero-order valence-corrected chi connectivity index (χ0v) is 11.4. The molecule has 19 heavy (non-hydrogen) atoms. The number of benzene rings is 2. The largest absolute Gasteiger partial charge is 0.496 e. The van der Waals surface area contributed by atoms with E-state index < -0.39 is 0 Å². The van der Waals surface area contributed by atoms with E-state index in [1.165, 1.54) is 0 Å². The lowest BCUT2D eigenvalue weighted by atomic mass is 10.1. The Bertz CT molecular complexity index is 588. The van der Waals surface area contributed by atoms with Crippen molar-refractivity contribution in [1.29, 1.82) is 0 Å². The summed E-state index contributed by atoms with van der Waals surface area (Å²) in [6.45, 7) is 3.96. The second-order valence-corrected chi connectivity index (χ2v) is 4.52. The van der Waals surface area contributed by atoms with Crippen molar-refractivity contribution in [3.8, 4) is 5.75 Å². The molecule has 0 fully saturated rings. The molecule has 0 unspecified atom stereocenters. The van der Waals surface area contributed by atoms with Crippen molar-refractivity contribution in [2.24, 2.45) is 0 Å². The van der Waals surface area contributed by atoms with Crippen LogP contribution >= 0.6 is 0 Å². The fraction of sp³-hybridized carbons (Fsp3) is 0.188. The van der Waals surface area contributed by atoms with E-state index in [-0.39, 0.29) is 5.91 Å². The molecule has 0 aliphatic heterocycles. The molecular formula is C16H17NO2. The summed E-state index contributed by atoms with van der Waals surface area (Å²) >= 11 is 0. The van der Waals surface area contributed by atoms with Crippen molar-refractivity contribution < 1.29 is 9.53 Å². The number of rotatable bonds is 3. The third-order valence-electron chi connectivity index (χ3n) is 2.91. The van der Waals surface area contributed by atoms with E-state index in [4.69, 9.17) is 4.74 Å². The summed E-state index contributed by atoms with van der Waals surface area (Å²) in [5.74, 6) is 0.416. The lowest BCUT2D eigenvalue weighted by Gasteiger charge is -2.10. The molecule has 0 aliphatic rings. The number of amides is 1. The minimum atomic E-state index is -0.163. The van der Waals surface area contributed by atoms with Crippen LogP contribution in [0.5, 0.6) is 5.75 Å². The van der Waals surface area contributed by atoms with Crippen molar-refractivity contribution in [2.75, 3.05) is 12.4 Å². The maximum atomic E-state index is 12.2. The molecule has 0 saturated heterocycles. The minimum absolute atomic E-state index is 0.163. The van der Waals surface area contributed by atoms with E-state index in [0.717, 1.165) is 16.8 Å². The summed E-state index contributed by atoms with van der Waals surface area (Å²) in [5.41, 5.74) is 3.50. The van der Waals surface area contributed by atoms with Crippen LogP contribution in [-0.4, -0.2) is 13.0 Å². The number of carbonyl (C=O) groups is 1. The van der Waals surface area contributed by atoms with Crippen LogP contribution in [0.15, 0.2) is 42.5 Å². The van der Waals surface area contributed by atoms with Gasteiger partial charge in [0.1, 0.15) is 5.75 Å². The fourth-order valence-corrected chi connectivity index (χ4v) is 1.83. The summed E-state index contributed by atoms with van der Waals surface area (Å²) in [6, 6.07) is 13.2. The Labute approximate surface area is 113 Å². The van der Waals surface area contributed by atoms with Gasteiger partial charge in [0.05, 0.1) is 12.7 Å². The molecule has 0 atom stereocenters. The summed E-state index contributed by atoms with van der Waals surface area (Å²) in [6.07, 6.45) is 0. The number of carbonyl (C=O) groups excluding carboxylic acids is 1. The lowest BCUT2D eigenvalue weighted by Crippen LogP contribution is -2.13. The van der Waals surface area contributed by atoms with Crippen LogP contribution in [0.1, 0.15) is 21.5 Å². The zero-order chi connectivity index (χ0) is 13.8. The molecule has 0 radical (unpaired) electrons. The van der Waals surface area contributed by atoms with Gasteiger partial charge in [-0.3, -0.25) is 4.79 Å². The molecule has 0 aromatic heterocycles. The molecule has 98 valence electrons. The van der Waals surface area contributed by atoms with Gasteiger partial charge >= 0.3 is 0 Å². The predicted octanol–water partition coefficient (Wildman–Crippen LogP) is 3.56. The third-order valence-corrected chi connectivity index (χ3v) is 2.91. The number of aryl methyl sites for hydroxylation is 2. The van der Waals surface area contributed by atoms with Crippen LogP contribution in [0.4, 0.5) is 5.69 Å². The molecule has 1 amide bonds. The van der Waals surface area contributed by atoms with Gasteiger partial charge in [0.2, 0.25) is 0 Å². The maximum Gasteiger partial charge on any atom is 0.259 e. The van der Waals surface area contributed by atoms with Crippen molar-refractivity contribution in [2.45, 2.75) is 13.8 Å². The van der Waals surface area contributed by atoms with Gasteiger partial charge < -0.3 is 10.1 Å². The van der Waals surface area contributed by atoms with Crippen molar-refractivity contribution in [1.82, 2.24) is 0 Å². The van der Waals surface area contributed by atoms with Crippen molar-refractivity contribution >= 4 is 11.6 Å². The number of anilines is 1. The molecule has 0 heterocycles. The average Bonchev–Trinajstić information content (AvgIpc) is 2.41. The number of methoxy groups -OCH3 is 1. The molecule has 2 aromatic carbocycles. The summed E-state index contributed by atoms with van der Waals surface area (Å²) < 4.78 is 5.22. The van der Waals surface area contributed by atoms with E-state index in [9.17, 15) is 4.79 Å². The van der Waals surface area contributed by atoms with Crippen LogP contribution < -0.4 is 10.1 Å². The molecule has 0 spiro atoms. The molecular weight excluding hydrogens is 238 g/mol. The summed E-state index contributed by atoms with van der Waals surface area (Å²) in [7, 11) is 1.56. The minimum Gasteiger partial charge on any atom is -0.496 e. The monoisotopic (exact) mass is 255 g/mol. The molecule has 0 aliphatic carbocycles. The maximum absolute atomic E-state index is 12.2. The molecule has 2 aromatic rings. The normalized spacial score (nSPS) is 10.1. The first-order valence-electron chi connectivity index (χ1n) is 6.13. The molecule has 1 N–H and O–H groups in total. The Hall–Kier alpha value is -2.29. The zero-order valence-electron chi connectivity index (χ0n) is 11.4. The van der Waals surface area contributed by atoms with Crippen LogP contribution in [0.2, 0.25) is 0 Å². The Kier molecular flexibility index (Phi) is 3.85. The first-order valence-corrected chi connectivity index (χ1v) is 6.13. The standard InChI is InChI=1S/C16H17NO2/c1-11-4-7-13(8-5-11)17-16(18)14-10-12(2)6-9-15(14)19-3/h4-10H,1-3H3,(H,17,18). The SMILES string of the molecule is COc1ccc(C)cc1C(=O)Nc1ccc(C)cc1. The lowest BCUT2D eigenvalue weighted by molar-refractivity contribution is 0.102. The van der Waals surface area contributed by atoms with Crippen LogP contribution in [-0.2, 0) is 0 Å².